The summed E-state index contributed by atoms with van der Waals surface area (Å²) < 4.78 is 37.3. The van der Waals surface area contributed by atoms with Gasteiger partial charge in [0.25, 0.3) is 0 Å². The minimum atomic E-state index is -4.27. The van der Waals surface area contributed by atoms with Crippen LogP contribution in [0.2, 0.25) is 0 Å². The van der Waals surface area contributed by atoms with Crippen LogP contribution in [0.3, 0.4) is 0 Å². The van der Waals surface area contributed by atoms with Crippen LogP contribution in [0.4, 0.5) is 13.2 Å². The topological polar surface area (TPSA) is 26.0 Å². The molecule has 0 aliphatic carbocycles. The number of rotatable bonds is 5. The van der Waals surface area contributed by atoms with Gasteiger partial charge in [0.15, 0.2) is 0 Å². The number of alkyl halides is 3. The molecule has 1 aromatic carbocycles. The van der Waals surface area contributed by atoms with Crippen molar-refractivity contribution in [2.75, 3.05) is 0 Å². The lowest BCUT2D eigenvalue weighted by Crippen LogP contribution is -2.13. The molecule has 0 heterocycles. The highest BCUT2D eigenvalue weighted by Gasteiger charge is 2.30. The zero-order chi connectivity index (χ0) is 13.8. The highest BCUT2D eigenvalue weighted by molar-refractivity contribution is 8.00. The van der Waals surface area contributed by atoms with Gasteiger partial charge in [-0.25, -0.2) is 0 Å². The van der Waals surface area contributed by atoms with Crippen LogP contribution in [0.5, 0.6) is 0 Å². The zero-order valence-electron chi connectivity index (χ0n) is 10.9. The molecule has 1 aromatic rings. The fourth-order valence-corrected chi connectivity index (χ4v) is 2.41. The second-order valence-corrected chi connectivity index (χ2v) is 5.77. The summed E-state index contributed by atoms with van der Waals surface area (Å²) in [6.45, 7) is 4.15. The molecule has 0 bridgehead atoms. The Kier molecular flexibility index (Phi) is 7.86. The lowest BCUT2D eigenvalue weighted by Gasteiger charge is -2.17. The SMILES string of the molecule is CC(C)CC[C@H](N)c1ccccc1SC(F)(F)F.Cl. The molecule has 0 spiro atoms. The number of hydrogen-bond acceptors (Lipinski definition) is 2. The van der Waals surface area contributed by atoms with Crippen molar-refractivity contribution >= 4 is 24.2 Å². The van der Waals surface area contributed by atoms with Crippen LogP contribution in [0, 0.1) is 5.92 Å². The van der Waals surface area contributed by atoms with E-state index in [2.05, 4.69) is 13.8 Å². The Morgan fingerprint density at radius 3 is 2.26 bits per heavy atom. The Labute approximate surface area is 122 Å². The Morgan fingerprint density at radius 1 is 1.16 bits per heavy atom. The van der Waals surface area contributed by atoms with E-state index in [9.17, 15) is 13.2 Å². The smallest absolute Gasteiger partial charge is 0.324 e. The van der Waals surface area contributed by atoms with Gasteiger partial charge >= 0.3 is 5.51 Å². The van der Waals surface area contributed by atoms with E-state index >= 15 is 0 Å². The molecular weight excluding hydrogens is 295 g/mol. The van der Waals surface area contributed by atoms with Crippen molar-refractivity contribution in [2.24, 2.45) is 11.7 Å². The monoisotopic (exact) mass is 313 g/mol. The molecule has 19 heavy (non-hydrogen) atoms. The van der Waals surface area contributed by atoms with Crippen LogP contribution in [0.15, 0.2) is 29.2 Å². The van der Waals surface area contributed by atoms with Gasteiger partial charge < -0.3 is 5.73 Å². The van der Waals surface area contributed by atoms with Crippen LogP contribution < -0.4 is 5.73 Å². The summed E-state index contributed by atoms with van der Waals surface area (Å²) >= 11 is -0.0901. The molecule has 1 atom stereocenters. The summed E-state index contributed by atoms with van der Waals surface area (Å²) in [5.74, 6) is 0.499. The van der Waals surface area contributed by atoms with E-state index in [1.807, 2.05) is 0 Å². The van der Waals surface area contributed by atoms with Crippen LogP contribution in [-0.2, 0) is 0 Å². The van der Waals surface area contributed by atoms with E-state index in [1.165, 1.54) is 6.07 Å². The van der Waals surface area contributed by atoms with Crippen LogP contribution in [-0.4, -0.2) is 5.51 Å². The summed E-state index contributed by atoms with van der Waals surface area (Å²) in [7, 11) is 0. The second kappa shape index (κ2) is 8.02. The standard InChI is InChI=1S/C13H18F3NS.ClH/c1-9(2)7-8-11(17)10-5-3-4-6-12(10)18-13(14,15)16;/h3-6,9,11H,7-8,17H2,1-2H3;1H/t11-;/m0./s1. The van der Waals surface area contributed by atoms with Gasteiger partial charge in [0.2, 0.25) is 0 Å². The average Bonchev–Trinajstić information content (AvgIpc) is 2.24. The summed E-state index contributed by atoms with van der Waals surface area (Å²) in [5.41, 5.74) is 2.30. The first kappa shape index (κ1) is 18.6. The van der Waals surface area contributed by atoms with Crippen molar-refractivity contribution in [3.63, 3.8) is 0 Å². The third-order valence-corrected chi connectivity index (χ3v) is 3.42. The number of thioether (sulfide) groups is 1. The minimum absolute atomic E-state index is 0. The van der Waals surface area contributed by atoms with Gasteiger partial charge in [-0.2, -0.15) is 13.2 Å². The van der Waals surface area contributed by atoms with Gasteiger partial charge in [0, 0.05) is 10.9 Å². The van der Waals surface area contributed by atoms with Gasteiger partial charge in [-0.3, -0.25) is 0 Å². The fourth-order valence-electron chi connectivity index (χ4n) is 1.67. The van der Waals surface area contributed by atoms with Crippen molar-refractivity contribution in [3.05, 3.63) is 29.8 Å². The molecule has 110 valence electrons. The molecule has 0 saturated carbocycles. The van der Waals surface area contributed by atoms with Gasteiger partial charge in [-0.1, -0.05) is 32.0 Å². The Bertz CT molecular complexity index is 382. The third kappa shape index (κ3) is 7.09. The molecule has 0 saturated heterocycles. The quantitative estimate of drug-likeness (QED) is 0.760. The molecule has 1 nitrogen and oxygen atoms in total. The lowest BCUT2D eigenvalue weighted by molar-refractivity contribution is -0.0328. The van der Waals surface area contributed by atoms with Gasteiger partial charge in [0.1, 0.15) is 0 Å². The van der Waals surface area contributed by atoms with Crippen LogP contribution >= 0.6 is 24.2 Å². The van der Waals surface area contributed by atoms with Crippen molar-refractivity contribution in [2.45, 2.75) is 43.1 Å². The van der Waals surface area contributed by atoms with Crippen molar-refractivity contribution in [1.29, 1.82) is 0 Å². The highest BCUT2D eigenvalue weighted by atomic mass is 35.5. The predicted molar refractivity (Wildman–Crippen MR) is 76.6 cm³/mol. The van der Waals surface area contributed by atoms with Gasteiger partial charge in [-0.15, -0.1) is 12.4 Å². The summed E-state index contributed by atoms with van der Waals surface area (Å²) in [6.07, 6.45) is 1.61. The lowest BCUT2D eigenvalue weighted by atomic mass is 9.98. The summed E-state index contributed by atoms with van der Waals surface area (Å²) in [6, 6.07) is 6.15. The Morgan fingerprint density at radius 2 is 1.74 bits per heavy atom. The molecular formula is C13H19ClF3NS. The zero-order valence-corrected chi connectivity index (χ0v) is 12.5. The van der Waals surface area contributed by atoms with E-state index in [1.54, 1.807) is 18.2 Å². The largest absolute Gasteiger partial charge is 0.446 e. The van der Waals surface area contributed by atoms with E-state index in [-0.39, 0.29) is 35.1 Å². The Hall–Kier alpha value is -0.390. The first-order valence-corrected chi connectivity index (χ1v) is 6.71. The minimum Gasteiger partial charge on any atom is -0.324 e. The van der Waals surface area contributed by atoms with Crippen molar-refractivity contribution in [1.82, 2.24) is 0 Å². The number of hydrogen-bond donors (Lipinski definition) is 1. The van der Waals surface area contributed by atoms with Crippen molar-refractivity contribution < 1.29 is 13.2 Å². The molecule has 0 aromatic heterocycles. The maximum Gasteiger partial charge on any atom is 0.446 e. The highest BCUT2D eigenvalue weighted by Crippen LogP contribution is 2.40. The maximum atomic E-state index is 12.4. The average molecular weight is 314 g/mol. The molecule has 2 N–H and O–H groups in total. The summed E-state index contributed by atoms with van der Waals surface area (Å²) in [4.78, 5) is 0.209. The van der Waals surface area contributed by atoms with E-state index < -0.39 is 5.51 Å². The van der Waals surface area contributed by atoms with Crippen LogP contribution in [0.1, 0.15) is 38.3 Å². The normalized spacial score (nSPS) is 13.2. The molecule has 0 aliphatic rings. The number of nitrogens with two attached hydrogens (primary N) is 1. The molecule has 0 fully saturated rings. The summed E-state index contributed by atoms with van der Waals surface area (Å²) in [5, 5.41) is 0. The van der Waals surface area contributed by atoms with Gasteiger partial charge in [-0.05, 0) is 42.2 Å². The maximum absolute atomic E-state index is 12.4. The first-order valence-electron chi connectivity index (χ1n) is 5.90. The second-order valence-electron chi connectivity index (χ2n) is 4.66. The fraction of sp³-hybridized carbons (Fsp3) is 0.538. The molecule has 6 heteroatoms. The van der Waals surface area contributed by atoms with Gasteiger partial charge in [0.05, 0.1) is 0 Å². The van der Waals surface area contributed by atoms with E-state index in [4.69, 9.17) is 5.73 Å². The van der Waals surface area contributed by atoms with E-state index in [0.717, 1.165) is 6.42 Å². The number of benzene rings is 1. The Balaban J connectivity index is 0.00000324. The molecule has 0 radical (unpaired) electrons. The molecule has 0 unspecified atom stereocenters. The number of halogens is 4. The molecule has 0 aliphatic heterocycles. The van der Waals surface area contributed by atoms with Crippen molar-refractivity contribution in [3.8, 4) is 0 Å². The van der Waals surface area contributed by atoms with Crippen LogP contribution in [0.25, 0.3) is 0 Å². The predicted octanol–water partition coefficient (Wildman–Crippen LogP) is 5.16. The molecule has 1 rings (SSSR count). The third-order valence-electron chi connectivity index (χ3n) is 2.60. The first-order chi connectivity index (χ1) is 8.29. The van der Waals surface area contributed by atoms with E-state index in [0.29, 0.717) is 17.9 Å². The molecule has 0 amide bonds.